The molecule has 1 heterocycles. The second-order valence-electron chi connectivity index (χ2n) is 3.46. The summed E-state index contributed by atoms with van der Waals surface area (Å²) in [7, 11) is 0. The molecule has 80 valence electrons. The first-order valence-corrected chi connectivity index (χ1v) is 5.41. The maximum absolute atomic E-state index is 12.8. The molecule has 0 saturated carbocycles. The van der Waals surface area contributed by atoms with Crippen molar-refractivity contribution in [3.8, 4) is 0 Å². The van der Waals surface area contributed by atoms with Crippen LogP contribution in [0.1, 0.15) is 6.42 Å². The molecule has 1 unspecified atom stereocenters. The predicted molar refractivity (Wildman–Crippen MR) is 61.2 cm³/mol. The Labute approximate surface area is 97.4 Å². The Morgan fingerprint density at radius 2 is 2.27 bits per heavy atom. The summed E-state index contributed by atoms with van der Waals surface area (Å²) in [6.45, 7) is 0.521. The molecule has 1 fully saturated rings. The monoisotopic (exact) mass is 245 g/mol. The zero-order valence-corrected chi connectivity index (χ0v) is 9.43. The van der Waals surface area contributed by atoms with Crippen molar-refractivity contribution in [3.63, 3.8) is 0 Å². The van der Waals surface area contributed by atoms with Crippen LogP contribution in [-0.4, -0.2) is 17.7 Å². The van der Waals surface area contributed by atoms with E-state index in [0.717, 1.165) is 0 Å². The van der Waals surface area contributed by atoms with Gasteiger partial charge in [-0.2, -0.15) is 12.6 Å². The summed E-state index contributed by atoms with van der Waals surface area (Å²) in [6, 6.07) is 4.01. The lowest BCUT2D eigenvalue weighted by Gasteiger charge is -2.17. The van der Waals surface area contributed by atoms with Crippen LogP contribution >= 0.6 is 24.2 Å². The van der Waals surface area contributed by atoms with E-state index in [4.69, 9.17) is 11.6 Å². The number of hydrogen-bond acceptors (Lipinski definition) is 2. The van der Waals surface area contributed by atoms with Crippen molar-refractivity contribution in [1.82, 2.24) is 0 Å². The lowest BCUT2D eigenvalue weighted by atomic mass is 10.3. The van der Waals surface area contributed by atoms with E-state index in [9.17, 15) is 9.18 Å². The van der Waals surface area contributed by atoms with Gasteiger partial charge in [-0.15, -0.1) is 0 Å². The number of carbonyl (C=O) groups is 1. The maximum atomic E-state index is 12.8. The average molecular weight is 246 g/mol. The Morgan fingerprint density at radius 3 is 2.80 bits per heavy atom. The normalized spacial score (nSPS) is 21.1. The molecule has 15 heavy (non-hydrogen) atoms. The Kier molecular flexibility index (Phi) is 2.89. The van der Waals surface area contributed by atoms with Crippen molar-refractivity contribution in [2.75, 3.05) is 11.4 Å². The number of rotatable bonds is 1. The van der Waals surface area contributed by atoms with Gasteiger partial charge in [0.15, 0.2) is 0 Å². The van der Waals surface area contributed by atoms with Gasteiger partial charge in [-0.25, -0.2) is 4.39 Å². The maximum Gasteiger partial charge on any atom is 0.228 e. The summed E-state index contributed by atoms with van der Waals surface area (Å²) < 4.78 is 12.8. The zero-order valence-electron chi connectivity index (χ0n) is 7.78. The Bertz CT molecular complexity index is 412. The third-order valence-electron chi connectivity index (χ3n) is 2.31. The molecule has 0 aliphatic carbocycles. The van der Waals surface area contributed by atoms with Crippen molar-refractivity contribution in [3.05, 3.63) is 29.0 Å². The molecule has 2 nitrogen and oxygen atoms in total. The van der Waals surface area contributed by atoms with E-state index in [1.165, 1.54) is 18.2 Å². The van der Waals surface area contributed by atoms with E-state index in [-0.39, 0.29) is 16.2 Å². The van der Waals surface area contributed by atoms with E-state index in [2.05, 4.69) is 12.6 Å². The number of carbonyl (C=O) groups excluding carboxylic acids is 1. The topological polar surface area (TPSA) is 20.3 Å². The lowest BCUT2D eigenvalue weighted by Crippen LogP contribution is -2.24. The minimum absolute atomic E-state index is 0.0245. The standard InChI is InChI=1S/C10H9ClFNOS/c11-8-3-6(12)1-2-9(8)13-5-7(15)4-10(13)14/h1-3,7,15H,4-5H2. The smallest absolute Gasteiger partial charge is 0.228 e. The van der Waals surface area contributed by atoms with Gasteiger partial charge in [0.05, 0.1) is 10.7 Å². The third-order valence-corrected chi connectivity index (χ3v) is 2.95. The highest BCUT2D eigenvalue weighted by molar-refractivity contribution is 7.81. The van der Waals surface area contributed by atoms with Crippen molar-refractivity contribution < 1.29 is 9.18 Å². The van der Waals surface area contributed by atoms with Gasteiger partial charge >= 0.3 is 0 Å². The summed E-state index contributed by atoms with van der Waals surface area (Å²) in [6.07, 6.45) is 0.400. The molecule has 0 spiro atoms. The van der Waals surface area contributed by atoms with Gasteiger partial charge in [-0.3, -0.25) is 4.79 Å². The third kappa shape index (κ3) is 2.11. The van der Waals surface area contributed by atoms with Gasteiger partial charge in [0.1, 0.15) is 5.82 Å². The van der Waals surface area contributed by atoms with Crippen LogP contribution in [0.3, 0.4) is 0 Å². The molecule has 2 rings (SSSR count). The first-order chi connectivity index (χ1) is 7.08. The summed E-state index contributed by atoms with van der Waals surface area (Å²) in [5, 5.41) is 0.282. The zero-order chi connectivity index (χ0) is 11.0. The van der Waals surface area contributed by atoms with Crippen molar-refractivity contribution >= 4 is 35.8 Å². The fourth-order valence-electron chi connectivity index (χ4n) is 1.62. The molecule has 0 aromatic heterocycles. The van der Waals surface area contributed by atoms with Crippen LogP contribution in [-0.2, 0) is 4.79 Å². The lowest BCUT2D eigenvalue weighted by molar-refractivity contribution is -0.117. The molecule has 1 aliphatic heterocycles. The number of anilines is 1. The van der Waals surface area contributed by atoms with Gasteiger partial charge in [-0.05, 0) is 18.2 Å². The molecule has 1 aromatic carbocycles. The highest BCUT2D eigenvalue weighted by atomic mass is 35.5. The van der Waals surface area contributed by atoms with Gasteiger partial charge in [0.2, 0.25) is 5.91 Å². The number of benzene rings is 1. The molecule has 1 atom stereocenters. The molecule has 5 heteroatoms. The van der Waals surface area contributed by atoms with Gasteiger partial charge in [-0.1, -0.05) is 11.6 Å². The largest absolute Gasteiger partial charge is 0.310 e. The molecule has 1 amide bonds. The number of halogens is 2. The Hall–Kier alpha value is -0.740. The van der Waals surface area contributed by atoms with Crippen LogP contribution < -0.4 is 4.90 Å². The van der Waals surface area contributed by atoms with Gasteiger partial charge < -0.3 is 4.90 Å². The molecule has 0 N–H and O–H groups in total. The van der Waals surface area contributed by atoms with Crippen molar-refractivity contribution in [1.29, 1.82) is 0 Å². The average Bonchev–Trinajstić information content (AvgIpc) is 2.45. The fourth-order valence-corrected chi connectivity index (χ4v) is 2.21. The van der Waals surface area contributed by atoms with Crippen LogP contribution in [0.15, 0.2) is 18.2 Å². The van der Waals surface area contributed by atoms with E-state index < -0.39 is 5.82 Å². The minimum atomic E-state index is -0.405. The highest BCUT2D eigenvalue weighted by Crippen LogP contribution is 2.30. The molecule has 1 aliphatic rings. The molecular formula is C10H9ClFNOS. The quantitative estimate of drug-likeness (QED) is 0.754. The Balaban J connectivity index is 2.34. The van der Waals surface area contributed by atoms with Crippen LogP contribution in [0.2, 0.25) is 5.02 Å². The number of amides is 1. The molecule has 0 radical (unpaired) electrons. The van der Waals surface area contributed by atoms with E-state index in [0.29, 0.717) is 18.7 Å². The number of thiol groups is 1. The second-order valence-corrected chi connectivity index (χ2v) is 4.60. The van der Waals surface area contributed by atoms with E-state index >= 15 is 0 Å². The van der Waals surface area contributed by atoms with Crippen LogP contribution in [0.4, 0.5) is 10.1 Å². The SMILES string of the molecule is O=C1CC(S)CN1c1ccc(F)cc1Cl. The summed E-state index contributed by atoms with van der Waals surface area (Å²) >= 11 is 10.1. The number of nitrogens with zero attached hydrogens (tertiary/aromatic N) is 1. The van der Waals surface area contributed by atoms with Crippen LogP contribution in [0.5, 0.6) is 0 Å². The van der Waals surface area contributed by atoms with Crippen LogP contribution in [0.25, 0.3) is 0 Å². The minimum Gasteiger partial charge on any atom is -0.310 e. The summed E-state index contributed by atoms with van der Waals surface area (Å²) in [5.41, 5.74) is 0.555. The first-order valence-electron chi connectivity index (χ1n) is 4.51. The highest BCUT2D eigenvalue weighted by Gasteiger charge is 2.29. The van der Waals surface area contributed by atoms with Crippen LogP contribution in [0, 0.1) is 5.82 Å². The molecule has 0 bridgehead atoms. The summed E-state index contributed by atoms with van der Waals surface area (Å²) in [5.74, 6) is -0.429. The van der Waals surface area contributed by atoms with E-state index in [1.807, 2.05) is 0 Å². The molecule has 1 saturated heterocycles. The fraction of sp³-hybridized carbons (Fsp3) is 0.300. The first kappa shape index (κ1) is 10.8. The molecule has 1 aromatic rings. The number of hydrogen-bond donors (Lipinski definition) is 1. The molecular weight excluding hydrogens is 237 g/mol. The summed E-state index contributed by atoms with van der Waals surface area (Å²) in [4.78, 5) is 13.1. The van der Waals surface area contributed by atoms with Gasteiger partial charge in [0.25, 0.3) is 0 Å². The Morgan fingerprint density at radius 1 is 1.53 bits per heavy atom. The van der Waals surface area contributed by atoms with Gasteiger partial charge in [0, 0.05) is 18.2 Å². The second kappa shape index (κ2) is 4.02. The van der Waals surface area contributed by atoms with Crippen molar-refractivity contribution in [2.45, 2.75) is 11.7 Å². The predicted octanol–water partition coefficient (Wildman–Crippen LogP) is 2.51. The van der Waals surface area contributed by atoms with Crippen molar-refractivity contribution in [2.24, 2.45) is 0 Å². The van der Waals surface area contributed by atoms with E-state index in [1.54, 1.807) is 4.90 Å².